The number of carbonyl (C=O) groups excluding carboxylic acids is 1. The van der Waals surface area contributed by atoms with Crippen LogP contribution < -0.4 is 24.4 Å². The van der Waals surface area contributed by atoms with Crippen LogP contribution in [0.4, 0.5) is 0 Å². The summed E-state index contributed by atoms with van der Waals surface area (Å²) in [5, 5.41) is 8.90. The van der Waals surface area contributed by atoms with E-state index in [0.29, 0.717) is 47.7 Å². The molecule has 4 aromatic rings. The van der Waals surface area contributed by atoms with Gasteiger partial charge >= 0.3 is 11.9 Å². The molecule has 11 heteroatoms. The summed E-state index contributed by atoms with van der Waals surface area (Å²) in [6.07, 6.45) is 1.72. The topological polar surface area (TPSA) is 116 Å². The molecule has 214 valence electrons. The summed E-state index contributed by atoms with van der Waals surface area (Å²) >= 11 is 4.61. The molecule has 1 aliphatic heterocycles. The second-order valence-corrected chi connectivity index (χ2v) is 10.9. The van der Waals surface area contributed by atoms with Crippen molar-refractivity contribution in [3.8, 4) is 11.5 Å². The number of halogens is 1. The summed E-state index contributed by atoms with van der Waals surface area (Å²) in [6.45, 7) is 1.40. The first kappa shape index (κ1) is 29.0. The van der Waals surface area contributed by atoms with E-state index >= 15 is 0 Å². The van der Waals surface area contributed by atoms with Crippen molar-refractivity contribution in [1.82, 2.24) is 4.57 Å². The molecule has 0 saturated carbocycles. The first-order valence-corrected chi connectivity index (χ1v) is 14.5. The predicted octanol–water partition coefficient (Wildman–Crippen LogP) is 4.17. The van der Waals surface area contributed by atoms with Gasteiger partial charge in [0.15, 0.2) is 11.4 Å². The van der Waals surface area contributed by atoms with Gasteiger partial charge in [-0.1, -0.05) is 59.9 Å². The molecule has 1 aliphatic rings. The molecule has 42 heavy (non-hydrogen) atoms. The molecule has 0 saturated heterocycles. The third-order valence-electron chi connectivity index (χ3n) is 6.39. The van der Waals surface area contributed by atoms with E-state index in [1.54, 1.807) is 56.5 Å². The first-order chi connectivity index (χ1) is 20.3. The largest absolute Gasteiger partial charge is 0.497 e. The summed E-state index contributed by atoms with van der Waals surface area (Å²) in [7, 11) is 1.55. The van der Waals surface area contributed by atoms with Crippen molar-refractivity contribution < 1.29 is 28.9 Å². The van der Waals surface area contributed by atoms with Crippen LogP contribution in [0.5, 0.6) is 11.5 Å². The Labute approximate surface area is 252 Å². The van der Waals surface area contributed by atoms with Gasteiger partial charge in [0.25, 0.3) is 5.56 Å². The minimum absolute atomic E-state index is 0.153. The lowest BCUT2D eigenvalue weighted by Crippen LogP contribution is -2.40. The fourth-order valence-electron chi connectivity index (χ4n) is 4.58. The molecular weight excluding hydrogens is 624 g/mol. The number of hydrogen-bond donors (Lipinski definition) is 1. The molecule has 0 aliphatic carbocycles. The van der Waals surface area contributed by atoms with E-state index in [2.05, 4.69) is 15.9 Å². The van der Waals surface area contributed by atoms with Gasteiger partial charge in [0.2, 0.25) is 0 Å². The van der Waals surface area contributed by atoms with Crippen molar-refractivity contribution in [2.24, 2.45) is 4.99 Å². The highest BCUT2D eigenvalue weighted by atomic mass is 79.9. The van der Waals surface area contributed by atoms with Crippen LogP contribution in [0.1, 0.15) is 29.7 Å². The summed E-state index contributed by atoms with van der Waals surface area (Å²) in [5.74, 6) is -0.718. The molecular formula is C31H25BrN2O7S. The summed E-state index contributed by atoms with van der Waals surface area (Å²) in [6, 6.07) is 20.8. The zero-order valence-electron chi connectivity index (χ0n) is 22.6. The monoisotopic (exact) mass is 648 g/mol. The Balaban J connectivity index is 1.73. The highest BCUT2D eigenvalue weighted by molar-refractivity contribution is 9.10. The third-order valence-corrected chi connectivity index (χ3v) is 7.99. The minimum Gasteiger partial charge on any atom is -0.497 e. The van der Waals surface area contributed by atoms with E-state index in [1.807, 2.05) is 36.4 Å². The average molecular weight is 650 g/mol. The Kier molecular flexibility index (Phi) is 8.69. The van der Waals surface area contributed by atoms with Gasteiger partial charge in [-0.25, -0.2) is 14.6 Å². The number of rotatable bonds is 9. The van der Waals surface area contributed by atoms with Gasteiger partial charge in [-0.3, -0.25) is 9.36 Å². The molecule has 1 aromatic heterocycles. The quantitative estimate of drug-likeness (QED) is 0.271. The Hall–Kier alpha value is -4.48. The molecule has 0 fully saturated rings. The van der Waals surface area contributed by atoms with E-state index in [0.717, 1.165) is 0 Å². The van der Waals surface area contributed by atoms with E-state index < -0.39 is 24.6 Å². The fraction of sp³-hybridized carbons (Fsp3) is 0.161. The maximum atomic E-state index is 14.0. The number of thiazole rings is 1. The maximum absolute atomic E-state index is 14.0. The number of carboxylic acids is 1. The average Bonchev–Trinajstić information content (AvgIpc) is 3.30. The highest BCUT2D eigenvalue weighted by Crippen LogP contribution is 2.36. The molecule has 9 nitrogen and oxygen atoms in total. The highest BCUT2D eigenvalue weighted by Gasteiger charge is 2.35. The van der Waals surface area contributed by atoms with Crippen LogP contribution >= 0.6 is 27.3 Å². The standard InChI is InChI=1S/C31H25BrN2O7S/c1-3-40-30(38)26-27(19-8-5-4-6-9-19)33-31-34(28(26)20-10-7-11-21(16-20)39-2)29(37)24(42-31)15-18-12-13-23(22(32)14-18)41-17-25(35)36/h4-16,28H,3,17H2,1-2H3,(H,35,36)/b24-15+/t28-/m1/s1. The molecule has 1 atom stereocenters. The van der Waals surface area contributed by atoms with Gasteiger partial charge in [0.05, 0.1) is 40.0 Å². The number of carboxylic acid groups (broad SMARTS) is 1. The number of benzene rings is 3. The van der Waals surface area contributed by atoms with Crippen molar-refractivity contribution in [3.63, 3.8) is 0 Å². The van der Waals surface area contributed by atoms with Crippen molar-refractivity contribution >= 4 is 51.0 Å². The molecule has 0 amide bonds. The van der Waals surface area contributed by atoms with Crippen LogP contribution in [-0.4, -0.2) is 41.9 Å². The van der Waals surface area contributed by atoms with Crippen LogP contribution in [-0.2, 0) is 14.3 Å². The van der Waals surface area contributed by atoms with Crippen LogP contribution in [0.15, 0.2) is 92.6 Å². The number of esters is 1. The molecule has 2 heterocycles. The summed E-state index contributed by atoms with van der Waals surface area (Å²) < 4.78 is 18.7. The number of ether oxygens (including phenoxy) is 3. The van der Waals surface area contributed by atoms with Crippen LogP contribution in [0, 0.1) is 0 Å². The van der Waals surface area contributed by atoms with E-state index in [-0.39, 0.29) is 17.7 Å². The van der Waals surface area contributed by atoms with Gasteiger partial charge in [-0.05, 0) is 64.3 Å². The Morgan fingerprint density at radius 2 is 1.88 bits per heavy atom. The van der Waals surface area contributed by atoms with E-state index in [1.165, 1.54) is 15.9 Å². The van der Waals surface area contributed by atoms with Gasteiger partial charge in [-0.2, -0.15) is 0 Å². The molecule has 0 radical (unpaired) electrons. The third kappa shape index (κ3) is 5.93. The number of hydrogen-bond acceptors (Lipinski definition) is 8. The normalized spacial score (nSPS) is 14.6. The summed E-state index contributed by atoms with van der Waals surface area (Å²) in [4.78, 5) is 43.7. The fourth-order valence-corrected chi connectivity index (χ4v) is 6.09. The van der Waals surface area contributed by atoms with Crippen LogP contribution in [0.25, 0.3) is 11.8 Å². The Morgan fingerprint density at radius 1 is 1.10 bits per heavy atom. The van der Waals surface area contributed by atoms with Crippen molar-refractivity contribution in [2.75, 3.05) is 20.3 Å². The number of aliphatic carboxylic acids is 1. The van der Waals surface area contributed by atoms with Crippen molar-refractivity contribution in [3.05, 3.63) is 119 Å². The van der Waals surface area contributed by atoms with Crippen LogP contribution in [0.2, 0.25) is 0 Å². The van der Waals surface area contributed by atoms with Gasteiger partial charge in [-0.15, -0.1) is 0 Å². The zero-order chi connectivity index (χ0) is 29.8. The molecule has 0 spiro atoms. The van der Waals surface area contributed by atoms with Gasteiger partial charge < -0.3 is 19.3 Å². The SMILES string of the molecule is CCOC(=O)C1=C(c2ccccc2)N=c2s/c(=C/c3ccc(OCC(=O)O)c(Br)c3)c(=O)n2[C@@H]1c1cccc(OC)c1. The zero-order valence-corrected chi connectivity index (χ0v) is 25.0. The lowest BCUT2D eigenvalue weighted by molar-refractivity contribution is -0.140. The second-order valence-electron chi connectivity index (χ2n) is 9.08. The van der Waals surface area contributed by atoms with Crippen molar-refractivity contribution in [1.29, 1.82) is 0 Å². The molecule has 0 bridgehead atoms. The molecule has 3 aromatic carbocycles. The van der Waals surface area contributed by atoms with Crippen LogP contribution in [0.3, 0.4) is 0 Å². The maximum Gasteiger partial charge on any atom is 0.341 e. The second kappa shape index (κ2) is 12.6. The molecule has 0 unspecified atom stereocenters. The lowest BCUT2D eigenvalue weighted by atomic mass is 9.93. The lowest BCUT2D eigenvalue weighted by Gasteiger charge is -2.26. The first-order valence-electron chi connectivity index (χ1n) is 12.9. The number of aromatic nitrogens is 1. The van der Waals surface area contributed by atoms with Gasteiger partial charge in [0.1, 0.15) is 11.5 Å². The van der Waals surface area contributed by atoms with Crippen molar-refractivity contribution in [2.45, 2.75) is 13.0 Å². The molecule has 1 N–H and O–H groups in total. The van der Waals surface area contributed by atoms with Gasteiger partial charge in [0, 0.05) is 5.56 Å². The number of carbonyl (C=O) groups is 2. The number of nitrogens with zero attached hydrogens (tertiary/aromatic N) is 2. The number of fused-ring (bicyclic) bond motifs is 1. The smallest absolute Gasteiger partial charge is 0.341 e. The van der Waals surface area contributed by atoms with E-state index in [4.69, 9.17) is 24.3 Å². The Morgan fingerprint density at radius 3 is 2.57 bits per heavy atom. The minimum atomic E-state index is -1.09. The Bertz CT molecular complexity index is 1880. The van der Waals surface area contributed by atoms with E-state index in [9.17, 15) is 14.4 Å². The number of methoxy groups -OCH3 is 1. The predicted molar refractivity (Wildman–Crippen MR) is 161 cm³/mol. The molecule has 5 rings (SSSR count). The summed E-state index contributed by atoms with van der Waals surface area (Å²) in [5.41, 5.74) is 2.40.